The summed E-state index contributed by atoms with van der Waals surface area (Å²) >= 11 is 0. The van der Waals surface area contributed by atoms with Gasteiger partial charge >= 0.3 is 0 Å². The Kier molecular flexibility index (Phi) is 4.81. The molecule has 2 rings (SSSR count). The van der Waals surface area contributed by atoms with E-state index in [1.54, 1.807) is 6.20 Å². The summed E-state index contributed by atoms with van der Waals surface area (Å²) in [7, 11) is 0. The largest absolute Gasteiger partial charge is 0.481 e. The van der Waals surface area contributed by atoms with E-state index in [4.69, 9.17) is 4.74 Å². The van der Waals surface area contributed by atoms with Gasteiger partial charge in [0.05, 0.1) is 18.1 Å². The van der Waals surface area contributed by atoms with Crippen LogP contribution in [0, 0.1) is 11.6 Å². The van der Waals surface area contributed by atoms with Gasteiger partial charge in [-0.3, -0.25) is 4.98 Å². The molecule has 0 aliphatic rings. The normalized spacial score (nSPS) is 10.3. The predicted octanol–water partition coefficient (Wildman–Crippen LogP) is 3.16. The number of rotatable bonds is 6. The maximum Gasteiger partial charge on any atom is 0.191 e. The second-order valence-electron chi connectivity index (χ2n) is 4.16. The molecule has 20 heavy (non-hydrogen) atoms. The highest BCUT2D eigenvalue weighted by Crippen LogP contribution is 2.21. The minimum atomic E-state index is -0.737. The third-order valence-electron chi connectivity index (χ3n) is 2.54. The first kappa shape index (κ1) is 14.2. The lowest BCUT2D eigenvalue weighted by Gasteiger charge is -2.08. The highest BCUT2D eigenvalue weighted by Gasteiger charge is 2.10. The van der Waals surface area contributed by atoms with Crippen molar-refractivity contribution in [3.8, 4) is 5.75 Å². The number of benzene rings is 1. The number of aromatic nitrogens is 2. The molecule has 0 unspecified atom stereocenters. The van der Waals surface area contributed by atoms with Crippen molar-refractivity contribution in [1.29, 1.82) is 0 Å². The summed E-state index contributed by atoms with van der Waals surface area (Å²) in [6.07, 6.45) is 4.06. The summed E-state index contributed by atoms with van der Waals surface area (Å²) < 4.78 is 31.8. The molecule has 1 aromatic carbocycles. The van der Waals surface area contributed by atoms with Crippen LogP contribution in [-0.2, 0) is 6.61 Å². The van der Waals surface area contributed by atoms with E-state index in [2.05, 4.69) is 15.3 Å². The van der Waals surface area contributed by atoms with Gasteiger partial charge in [-0.05, 0) is 18.6 Å². The summed E-state index contributed by atoms with van der Waals surface area (Å²) in [5, 5.41) is 3.08. The Labute approximate surface area is 115 Å². The van der Waals surface area contributed by atoms with Crippen LogP contribution >= 0.6 is 0 Å². The summed E-state index contributed by atoms with van der Waals surface area (Å²) in [6.45, 7) is 2.81. The molecule has 0 aliphatic carbocycles. The third kappa shape index (κ3) is 3.63. The Morgan fingerprint density at radius 1 is 1.15 bits per heavy atom. The van der Waals surface area contributed by atoms with Gasteiger partial charge in [-0.15, -0.1) is 0 Å². The number of hydrogen-bond donors (Lipinski definition) is 1. The van der Waals surface area contributed by atoms with E-state index < -0.39 is 17.4 Å². The molecule has 4 nitrogen and oxygen atoms in total. The van der Waals surface area contributed by atoms with Crippen LogP contribution in [0.3, 0.4) is 0 Å². The molecular weight excluding hydrogens is 264 g/mol. The lowest BCUT2D eigenvalue weighted by molar-refractivity contribution is 0.270. The van der Waals surface area contributed by atoms with E-state index in [9.17, 15) is 8.78 Å². The van der Waals surface area contributed by atoms with Crippen molar-refractivity contribution >= 4 is 5.82 Å². The average Bonchev–Trinajstić information content (AvgIpc) is 2.46. The minimum absolute atomic E-state index is 0.0427. The first-order chi connectivity index (χ1) is 9.70. The van der Waals surface area contributed by atoms with Gasteiger partial charge < -0.3 is 10.1 Å². The summed E-state index contributed by atoms with van der Waals surface area (Å²) in [6, 6.07) is 3.56. The van der Waals surface area contributed by atoms with E-state index in [0.717, 1.165) is 25.1 Å². The standard InChI is InChI=1S/C14H15F2N3O/c1-2-6-17-13-8-18-10(7-19-13)9-20-14-11(15)4-3-5-12(14)16/h3-5,7-8H,2,6,9H2,1H3,(H,17,19). The van der Waals surface area contributed by atoms with Crippen LogP contribution in [0.4, 0.5) is 14.6 Å². The van der Waals surface area contributed by atoms with E-state index in [1.165, 1.54) is 12.3 Å². The molecule has 6 heteroatoms. The Morgan fingerprint density at radius 2 is 1.90 bits per heavy atom. The van der Waals surface area contributed by atoms with Gasteiger partial charge in [-0.1, -0.05) is 13.0 Å². The molecular formula is C14H15F2N3O. The average molecular weight is 279 g/mol. The van der Waals surface area contributed by atoms with Gasteiger partial charge in [0, 0.05) is 6.54 Å². The number of halogens is 2. The maximum absolute atomic E-state index is 13.3. The monoisotopic (exact) mass is 279 g/mol. The maximum atomic E-state index is 13.3. The Morgan fingerprint density at radius 3 is 2.50 bits per heavy atom. The third-order valence-corrected chi connectivity index (χ3v) is 2.54. The van der Waals surface area contributed by atoms with Crippen LogP contribution in [-0.4, -0.2) is 16.5 Å². The fourth-order valence-corrected chi connectivity index (χ4v) is 1.54. The van der Waals surface area contributed by atoms with Crippen LogP contribution in [0.25, 0.3) is 0 Å². The summed E-state index contributed by atoms with van der Waals surface area (Å²) in [5.74, 6) is -1.21. The van der Waals surface area contributed by atoms with Gasteiger partial charge in [-0.2, -0.15) is 0 Å². The molecule has 0 amide bonds. The zero-order valence-corrected chi connectivity index (χ0v) is 11.1. The molecule has 0 saturated carbocycles. The van der Waals surface area contributed by atoms with Gasteiger partial charge in [0.2, 0.25) is 0 Å². The quantitative estimate of drug-likeness (QED) is 0.882. The van der Waals surface area contributed by atoms with Gasteiger partial charge in [-0.25, -0.2) is 13.8 Å². The number of nitrogens with zero attached hydrogens (tertiary/aromatic N) is 2. The minimum Gasteiger partial charge on any atom is -0.481 e. The first-order valence-corrected chi connectivity index (χ1v) is 6.32. The van der Waals surface area contributed by atoms with Crippen LogP contribution < -0.4 is 10.1 Å². The zero-order chi connectivity index (χ0) is 14.4. The predicted molar refractivity (Wildman–Crippen MR) is 71.5 cm³/mol. The molecule has 106 valence electrons. The smallest absolute Gasteiger partial charge is 0.191 e. The molecule has 0 radical (unpaired) electrons. The van der Waals surface area contributed by atoms with Gasteiger partial charge in [0.1, 0.15) is 12.4 Å². The number of nitrogens with one attached hydrogen (secondary N) is 1. The molecule has 0 aliphatic heterocycles. The second kappa shape index (κ2) is 6.79. The molecule has 0 fully saturated rings. The first-order valence-electron chi connectivity index (χ1n) is 6.32. The highest BCUT2D eigenvalue weighted by atomic mass is 19.1. The van der Waals surface area contributed by atoms with Gasteiger partial charge in [0.15, 0.2) is 17.4 Å². The van der Waals surface area contributed by atoms with Crippen molar-refractivity contribution in [2.24, 2.45) is 0 Å². The van der Waals surface area contributed by atoms with E-state index in [0.29, 0.717) is 11.5 Å². The molecule has 2 aromatic rings. The van der Waals surface area contributed by atoms with Crippen molar-refractivity contribution in [1.82, 2.24) is 9.97 Å². The number of hydrogen-bond acceptors (Lipinski definition) is 4. The number of anilines is 1. The van der Waals surface area contributed by atoms with Crippen molar-refractivity contribution in [3.63, 3.8) is 0 Å². The lowest BCUT2D eigenvalue weighted by Crippen LogP contribution is -2.05. The van der Waals surface area contributed by atoms with Gasteiger partial charge in [0.25, 0.3) is 0 Å². The number of ether oxygens (including phenoxy) is 1. The molecule has 1 aromatic heterocycles. The van der Waals surface area contributed by atoms with Crippen molar-refractivity contribution in [3.05, 3.63) is 47.9 Å². The topological polar surface area (TPSA) is 47.0 Å². The SMILES string of the molecule is CCCNc1cnc(COc2c(F)cccc2F)cn1. The van der Waals surface area contributed by atoms with Crippen molar-refractivity contribution in [2.75, 3.05) is 11.9 Å². The van der Waals surface area contributed by atoms with E-state index >= 15 is 0 Å². The Hall–Kier alpha value is -2.24. The zero-order valence-electron chi connectivity index (χ0n) is 11.1. The molecule has 0 spiro atoms. The summed E-state index contributed by atoms with van der Waals surface area (Å²) in [4.78, 5) is 8.24. The second-order valence-corrected chi connectivity index (χ2v) is 4.16. The summed E-state index contributed by atoms with van der Waals surface area (Å²) in [5.41, 5.74) is 0.495. The van der Waals surface area contributed by atoms with Crippen LogP contribution in [0.5, 0.6) is 5.75 Å². The molecule has 0 atom stereocenters. The molecule has 0 saturated heterocycles. The van der Waals surface area contributed by atoms with Crippen LogP contribution in [0.2, 0.25) is 0 Å². The Bertz CT molecular complexity index is 541. The van der Waals surface area contributed by atoms with Crippen LogP contribution in [0.1, 0.15) is 19.0 Å². The fraction of sp³-hybridized carbons (Fsp3) is 0.286. The molecule has 0 bridgehead atoms. The molecule has 1 N–H and O–H groups in total. The highest BCUT2D eigenvalue weighted by molar-refractivity contribution is 5.31. The van der Waals surface area contributed by atoms with Crippen molar-refractivity contribution in [2.45, 2.75) is 20.0 Å². The van der Waals surface area contributed by atoms with E-state index in [-0.39, 0.29) is 6.61 Å². The fourth-order valence-electron chi connectivity index (χ4n) is 1.54. The molecule has 1 heterocycles. The van der Waals surface area contributed by atoms with Crippen LogP contribution in [0.15, 0.2) is 30.6 Å². The Balaban J connectivity index is 1.97. The van der Waals surface area contributed by atoms with Crippen molar-refractivity contribution < 1.29 is 13.5 Å². The number of para-hydroxylation sites is 1. The van der Waals surface area contributed by atoms with E-state index in [1.807, 2.05) is 6.92 Å². The lowest BCUT2D eigenvalue weighted by atomic mass is 10.3.